The van der Waals surface area contributed by atoms with Gasteiger partial charge in [0.25, 0.3) is 0 Å². The summed E-state index contributed by atoms with van der Waals surface area (Å²) in [7, 11) is 0.164. The fourth-order valence-electron chi connectivity index (χ4n) is 2.74. The zero-order chi connectivity index (χ0) is 16.2. The molecule has 1 atom stereocenters. The molecule has 0 bridgehead atoms. The SMILES string of the molecule is Cc1cccc(C)c1C(=O)Pc1ccc(-c2ccccc2)cc1.[LiH]. The Morgan fingerprint density at radius 2 is 1.25 bits per heavy atom. The van der Waals surface area contributed by atoms with E-state index in [1.165, 1.54) is 11.1 Å². The van der Waals surface area contributed by atoms with Crippen molar-refractivity contribution in [2.45, 2.75) is 13.8 Å². The van der Waals surface area contributed by atoms with Gasteiger partial charge in [0.1, 0.15) is 0 Å². The van der Waals surface area contributed by atoms with Crippen LogP contribution in [-0.2, 0) is 0 Å². The van der Waals surface area contributed by atoms with Crippen molar-refractivity contribution in [1.82, 2.24) is 0 Å². The monoisotopic (exact) mass is 326 g/mol. The van der Waals surface area contributed by atoms with E-state index in [1.54, 1.807) is 0 Å². The summed E-state index contributed by atoms with van der Waals surface area (Å²) < 4.78 is 0. The van der Waals surface area contributed by atoms with Gasteiger partial charge in [-0.15, -0.1) is 0 Å². The van der Waals surface area contributed by atoms with Crippen molar-refractivity contribution < 1.29 is 4.79 Å². The molecule has 0 amide bonds. The summed E-state index contributed by atoms with van der Waals surface area (Å²) in [4.78, 5) is 12.6. The fourth-order valence-corrected chi connectivity index (χ4v) is 3.86. The molecule has 0 saturated carbocycles. The molecule has 1 unspecified atom stereocenters. The molecule has 0 aliphatic carbocycles. The van der Waals surface area contributed by atoms with Crippen LogP contribution in [0.2, 0.25) is 0 Å². The third kappa shape index (κ3) is 4.25. The summed E-state index contributed by atoms with van der Waals surface area (Å²) in [5, 5.41) is 1.08. The Balaban J connectivity index is 0.00000208. The first-order chi connectivity index (χ1) is 11.1. The number of benzene rings is 3. The summed E-state index contributed by atoms with van der Waals surface area (Å²) in [5.74, 6) is 0. The molecule has 0 radical (unpaired) electrons. The van der Waals surface area contributed by atoms with E-state index >= 15 is 0 Å². The molecule has 0 aliphatic rings. The first kappa shape index (κ1) is 18.7. The molecular weight excluding hydrogens is 306 g/mol. The van der Waals surface area contributed by atoms with E-state index in [2.05, 4.69) is 36.4 Å². The van der Waals surface area contributed by atoms with Crippen LogP contribution in [0.15, 0.2) is 72.8 Å². The van der Waals surface area contributed by atoms with Crippen LogP contribution < -0.4 is 5.30 Å². The summed E-state index contributed by atoms with van der Waals surface area (Å²) in [6, 6.07) is 24.6. The molecule has 3 rings (SSSR count). The molecule has 3 aromatic rings. The predicted molar refractivity (Wildman–Crippen MR) is 107 cm³/mol. The Morgan fingerprint density at radius 1 is 0.708 bits per heavy atom. The molecular formula is C21H20LiOP. The topological polar surface area (TPSA) is 17.1 Å². The molecule has 0 N–H and O–H groups in total. The van der Waals surface area contributed by atoms with Gasteiger partial charge in [-0.3, -0.25) is 4.79 Å². The Morgan fingerprint density at radius 3 is 1.83 bits per heavy atom. The van der Waals surface area contributed by atoms with Crippen LogP contribution in [-0.4, -0.2) is 24.4 Å². The van der Waals surface area contributed by atoms with Crippen molar-refractivity contribution in [2.75, 3.05) is 0 Å². The molecule has 3 aromatic carbocycles. The van der Waals surface area contributed by atoms with Gasteiger partial charge in [-0.05, 0) is 50.0 Å². The Bertz CT molecular complexity index is 806. The zero-order valence-electron chi connectivity index (χ0n) is 13.3. The van der Waals surface area contributed by atoms with Gasteiger partial charge in [0.15, 0.2) is 5.52 Å². The number of carbonyl (C=O) groups excluding carboxylic acids is 1. The van der Waals surface area contributed by atoms with Gasteiger partial charge in [0, 0.05) is 5.56 Å². The molecule has 0 fully saturated rings. The maximum absolute atomic E-state index is 12.6. The Labute approximate surface area is 157 Å². The van der Waals surface area contributed by atoms with Crippen LogP contribution in [0.25, 0.3) is 11.1 Å². The van der Waals surface area contributed by atoms with Crippen molar-refractivity contribution in [1.29, 1.82) is 0 Å². The molecule has 0 heterocycles. The van der Waals surface area contributed by atoms with Gasteiger partial charge in [-0.2, -0.15) is 0 Å². The standard InChI is InChI=1S/C21H19OP.Li.H/c1-15-7-6-8-16(2)20(15)21(22)23-19-13-11-18(12-14-19)17-9-4-3-5-10-17;;/h3-14,23H,1-2H3;;. The molecule has 1 nitrogen and oxygen atoms in total. The number of hydrogen-bond acceptors (Lipinski definition) is 1. The van der Waals surface area contributed by atoms with E-state index in [1.807, 2.05) is 50.2 Å². The average Bonchev–Trinajstić information content (AvgIpc) is 2.56. The van der Waals surface area contributed by atoms with E-state index in [-0.39, 0.29) is 33.0 Å². The van der Waals surface area contributed by atoms with Crippen molar-refractivity contribution in [3.05, 3.63) is 89.5 Å². The summed E-state index contributed by atoms with van der Waals surface area (Å²) >= 11 is 0. The van der Waals surface area contributed by atoms with Crippen LogP contribution >= 0.6 is 8.58 Å². The molecule has 116 valence electrons. The summed E-state index contributed by atoms with van der Waals surface area (Å²) in [6.45, 7) is 4.01. The van der Waals surface area contributed by atoms with Gasteiger partial charge in [0.2, 0.25) is 0 Å². The minimum absolute atomic E-state index is 0. The Kier molecular flexibility index (Phi) is 6.58. The van der Waals surface area contributed by atoms with Crippen LogP contribution in [0.5, 0.6) is 0 Å². The van der Waals surface area contributed by atoms with Gasteiger partial charge < -0.3 is 0 Å². The second-order valence-electron chi connectivity index (χ2n) is 5.66. The number of rotatable bonds is 4. The number of aryl methyl sites for hydroxylation is 2. The quantitative estimate of drug-likeness (QED) is 0.511. The van der Waals surface area contributed by atoms with E-state index in [4.69, 9.17) is 0 Å². The van der Waals surface area contributed by atoms with Gasteiger partial charge in [-0.25, -0.2) is 0 Å². The second kappa shape index (κ2) is 8.45. The van der Waals surface area contributed by atoms with E-state index < -0.39 is 0 Å². The number of carbonyl (C=O) groups is 1. The van der Waals surface area contributed by atoms with Crippen LogP contribution in [0.4, 0.5) is 0 Å². The van der Waals surface area contributed by atoms with E-state index in [0.717, 1.165) is 22.0 Å². The van der Waals surface area contributed by atoms with Gasteiger partial charge in [-0.1, -0.05) is 72.8 Å². The maximum atomic E-state index is 12.6. The van der Waals surface area contributed by atoms with Crippen molar-refractivity contribution in [2.24, 2.45) is 0 Å². The predicted octanol–water partition coefficient (Wildman–Crippen LogP) is 4.47. The molecule has 24 heavy (non-hydrogen) atoms. The van der Waals surface area contributed by atoms with Crippen LogP contribution in [0, 0.1) is 13.8 Å². The summed E-state index contributed by atoms with van der Waals surface area (Å²) in [5.41, 5.74) is 5.58. The molecule has 0 aliphatic heterocycles. The van der Waals surface area contributed by atoms with Crippen molar-refractivity contribution in [3.63, 3.8) is 0 Å². The van der Waals surface area contributed by atoms with Crippen molar-refractivity contribution >= 4 is 38.3 Å². The van der Waals surface area contributed by atoms with Crippen LogP contribution in [0.1, 0.15) is 21.5 Å². The Hall–Kier alpha value is -1.64. The number of hydrogen-bond donors (Lipinski definition) is 0. The molecule has 0 saturated heterocycles. The second-order valence-corrected chi connectivity index (χ2v) is 6.95. The minimum atomic E-state index is 0. The van der Waals surface area contributed by atoms with E-state index in [9.17, 15) is 4.79 Å². The van der Waals surface area contributed by atoms with Gasteiger partial charge >= 0.3 is 18.9 Å². The molecule has 0 spiro atoms. The first-order valence-electron chi connectivity index (χ1n) is 7.68. The molecule has 3 heteroatoms. The first-order valence-corrected chi connectivity index (χ1v) is 8.68. The normalized spacial score (nSPS) is 10.6. The van der Waals surface area contributed by atoms with Crippen molar-refractivity contribution in [3.8, 4) is 11.1 Å². The van der Waals surface area contributed by atoms with Crippen LogP contribution in [0.3, 0.4) is 0 Å². The zero-order valence-corrected chi connectivity index (χ0v) is 14.3. The van der Waals surface area contributed by atoms with Gasteiger partial charge in [0.05, 0.1) is 0 Å². The molecule has 0 aromatic heterocycles. The fraction of sp³-hybridized carbons (Fsp3) is 0.0952. The summed E-state index contributed by atoms with van der Waals surface area (Å²) in [6.07, 6.45) is 0. The average molecular weight is 326 g/mol. The van der Waals surface area contributed by atoms with E-state index in [0.29, 0.717) is 0 Å². The third-order valence-corrected chi connectivity index (χ3v) is 5.06. The third-order valence-electron chi connectivity index (χ3n) is 3.96.